The molecule has 0 amide bonds. The van der Waals surface area contributed by atoms with E-state index in [-0.39, 0.29) is 0 Å². The second kappa shape index (κ2) is 4.60. The summed E-state index contributed by atoms with van der Waals surface area (Å²) in [6, 6.07) is 1.44. The molecule has 3 atom stereocenters. The van der Waals surface area contributed by atoms with E-state index in [0.29, 0.717) is 6.04 Å². The van der Waals surface area contributed by atoms with Crippen molar-refractivity contribution < 1.29 is 4.74 Å². The Morgan fingerprint density at radius 3 is 2.86 bits per heavy atom. The third kappa shape index (κ3) is 1.95. The van der Waals surface area contributed by atoms with Crippen molar-refractivity contribution in [2.24, 2.45) is 5.92 Å². The normalized spacial score (nSPS) is 33.9. The largest absolute Gasteiger partial charge is 0.383 e. The van der Waals surface area contributed by atoms with Gasteiger partial charge in [0.25, 0.3) is 0 Å². The van der Waals surface area contributed by atoms with Crippen molar-refractivity contribution >= 4 is 0 Å². The minimum absolute atomic E-state index is 0.584. The maximum Gasteiger partial charge on any atom is 0.0630 e. The summed E-state index contributed by atoms with van der Waals surface area (Å²) in [7, 11) is 3.83. The number of hydrogen-bond acceptors (Lipinski definition) is 3. The van der Waals surface area contributed by atoms with Crippen LogP contribution in [0, 0.1) is 5.92 Å². The van der Waals surface area contributed by atoms with Crippen molar-refractivity contribution in [3.8, 4) is 0 Å². The molecular formula is C11H22N2O. The first-order valence-corrected chi connectivity index (χ1v) is 5.74. The number of methoxy groups -OCH3 is 1. The Morgan fingerprint density at radius 1 is 1.50 bits per heavy atom. The molecule has 2 rings (SSSR count). The topological polar surface area (TPSA) is 24.5 Å². The smallest absolute Gasteiger partial charge is 0.0630 e. The van der Waals surface area contributed by atoms with Crippen molar-refractivity contribution in [2.75, 3.05) is 33.9 Å². The number of likely N-dealkylation sites (tertiary alicyclic amines) is 1. The molecule has 0 spiro atoms. The molecule has 2 bridgehead atoms. The van der Waals surface area contributed by atoms with E-state index in [1.165, 1.54) is 25.8 Å². The van der Waals surface area contributed by atoms with Crippen LogP contribution in [0.25, 0.3) is 0 Å². The summed E-state index contributed by atoms with van der Waals surface area (Å²) in [5, 5.41) is 3.27. The van der Waals surface area contributed by atoms with E-state index >= 15 is 0 Å². The third-order valence-electron chi connectivity index (χ3n) is 3.72. The molecule has 1 aliphatic carbocycles. The predicted molar refractivity (Wildman–Crippen MR) is 57.4 cm³/mol. The fourth-order valence-electron chi connectivity index (χ4n) is 3.11. The van der Waals surface area contributed by atoms with E-state index in [1.807, 2.05) is 7.05 Å². The van der Waals surface area contributed by atoms with Crippen molar-refractivity contribution in [2.45, 2.75) is 31.3 Å². The first-order valence-electron chi connectivity index (χ1n) is 5.74. The van der Waals surface area contributed by atoms with E-state index in [1.54, 1.807) is 7.11 Å². The maximum absolute atomic E-state index is 5.29. The molecule has 2 fully saturated rings. The summed E-state index contributed by atoms with van der Waals surface area (Å²) >= 11 is 0. The Balaban J connectivity index is 1.90. The number of nitrogens with zero attached hydrogens (tertiary/aromatic N) is 1. The molecule has 1 saturated carbocycles. The Morgan fingerprint density at radius 2 is 2.36 bits per heavy atom. The number of piperidine rings is 1. The zero-order chi connectivity index (χ0) is 9.97. The Kier molecular flexibility index (Phi) is 3.42. The van der Waals surface area contributed by atoms with E-state index in [4.69, 9.17) is 4.74 Å². The second-order valence-corrected chi connectivity index (χ2v) is 4.70. The summed E-state index contributed by atoms with van der Waals surface area (Å²) in [6.07, 6.45) is 4.30. The van der Waals surface area contributed by atoms with E-state index < -0.39 is 0 Å². The van der Waals surface area contributed by atoms with Gasteiger partial charge in [-0.1, -0.05) is 0 Å². The number of nitrogens with one attached hydrogen (secondary N) is 1. The highest BCUT2D eigenvalue weighted by Gasteiger charge is 2.40. The molecular weight excluding hydrogens is 176 g/mol. The lowest BCUT2D eigenvalue weighted by molar-refractivity contribution is 0.0699. The predicted octanol–water partition coefficient (Wildman–Crippen LogP) is 0.705. The second-order valence-electron chi connectivity index (χ2n) is 4.70. The molecule has 14 heavy (non-hydrogen) atoms. The van der Waals surface area contributed by atoms with Gasteiger partial charge in [-0.05, 0) is 32.2 Å². The Hall–Kier alpha value is -0.120. The number of hydrogen-bond donors (Lipinski definition) is 1. The van der Waals surface area contributed by atoms with Gasteiger partial charge in [-0.3, -0.25) is 4.90 Å². The van der Waals surface area contributed by atoms with Crippen molar-refractivity contribution in [1.29, 1.82) is 0 Å². The highest BCUT2D eigenvalue weighted by molar-refractivity contribution is 4.95. The molecule has 82 valence electrons. The van der Waals surface area contributed by atoms with Crippen LogP contribution >= 0.6 is 0 Å². The number of fused-ring (bicyclic) bond motifs is 2. The molecule has 3 unspecified atom stereocenters. The lowest BCUT2D eigenvalue weighted by atomic mass is 10.1. The van der Waals surface area contributed by atoms with Gasteiger partial charge in [-0.15, -0.1) is 0 Å². The SMILES string of the molecule is CNCC(COC)N1CC2CCC1C2. The minimum Gasteiger partial charge on any atom is -0.383 e. The molecule has 2 aliphatic rings. The van der Waals surface area contributed by atoms with Gasteiger partial charge in [0.15, 0.2) is 0 Å². The van der Waals surface area contributed by atoms with Crippen molar-refractivity contribution in [1.82, 2.24) is 10.2 Å². The highest BCUT2D eigenvalue weighted by atomic mass is 16.5. The van der Waals surface area contributed by atoms with Crippen molar-refractivity contribution in [3.05, 3.63) is 0 Å². The zero-order valence-electron chi connectivity index (χ0n) is 9.33. The van der Waals surface area contributed by atoms with Gasteiger partial charge in [0.2, 0.25) is 0 Å². The van der Waals surface area contributed by atoms with Crippen LogP contribution in [0.1, 0.15) is 19.3 Å². The monoisotopic (exact) mass is 198 g/mol. The van der Waals surface area contributed by atoms with Gasteiger partial charge in [-0.25, -0.2) is 0 Å². The first-order chi connectivity index (χ1) is 6.85. The van der Waals surface area contributed by atoms with Crippen LogP contribution in [0.4, 0.5) is 0 Å². The molecule has 1 heterocycles. The number of ether oxygens (including phenoxy) is 1. The molecule has 0 aromatic heterocycles. The van der Waals surface area contributed by atoms with E-state index in [2.05, 4.69) is 10.2 Å². The van der Waals surface area contributed by atoms with Crippen LogP contribution < -0.4 is 5.32 Å². The van der Waals surface area contributed by atoms with Crippen LogP contribution in [-0.2, 0) is 4.74 Å². The molecule has 3 heteroatoms. The van der Waals surface area contributed by atoms with Crippen LogP contribution in [0.2, 0.25) is 0 Å². The van der Waals surface area contributed by atoms with Gasteiger partial charge in [-0.2, -0.15) is 0 Å². The summed E-state index contributed by atoms with van der Waals surface area (Å²) in [4.78, 5) is 2.66. The van der Waals surface area contributed by atoms with Gasteiger partial charge < -0.3 is 10.1 Å². The van der Waals surface area contributed by atoms with Gasteiger partial charge in [0, 0.05) is 32.3 Å². The van der Waals surface area contributed by atoms with Gasteiger partial charge in [0.1, 0.15) is 0 Å². The van der Waals surface area contributed by atoms with Gasteiger partial charge >= 0.3 is 0 Å². The summed E-state index contributed by atoms with van der Waals surface area (Å²) in [6.45, 7) is 3.22. The van der Waals surface area contributed by atoms with Gasteiger partial charge in [0.05, 0.1) is 6.61 Å². The quantitative estimate of drug-likeness (QED) is 0.704. The molecule has 1 saturated heterocycles. The third-order valence-corrected chi connectivity index (χ3v) is 3.72. The molecule has 1 N–H and O–H groups in total. The zero-order valence-corrected chi connectivity index (χ0v) is 9.33. The standard InChI is InChI=1S/C11H22N2O/c1-12-6-11(8-14-2)13-7-9-3-4-10(13)5-9/h9-12H,3-8H2,1-2H3. The average molecular weight is 198 g/mol. The molecule has 1 aliphatic heterocycles. The van der Waals surface area contributed by atoms with Crippen LogP contribution in [0.15, 0.2) is 0 Å². The highest BCUT2D eigenvalue weighted by Crippen LogP contribution is 2.38. The fourth-order valence-corrected chi connectivity index (χ4v) is 3.11. The van der Waals surface area contributed by atoms with Crippen LogP contribution in [0.3, 0.4) is 0 Å². The van der Waals surface area contributed by atoms with E-state index in [9.17, 15) is 0 Å². The summed E-state index contributed by atoms with van der Waals surface area (Å²) < 4.78 is 5.29. The lowest BCUT2D eigenvalue weighted by Crippen LogP contribution is -2.48. The molecule has 0 aromatic carbocycles. The number of rotatable bonds is 5. The summed E-state index contributed by atoms with van der Waals surface area (Å²) in [5.41, 5.74) is 0. The summed E-state index contributed by atoms with van der Waals surface area (Å²) in [5.74, 6) is 0.983. The van der Waals surface area contributed by atoms with Crippen LogP contribution in [0.5, 0.6) is 0 Å². The molecule has 0 aromatic rings. The van der Waals surface area contributed by atoms with E-state index in [0.717, 1.165) is 25.1 Å². The number of likely N-dealkylation sites (N-methyl/N-ethyl adjacent to an activating group) is 1. The maximum atomic E-state index is 5.29. The Bertz CT molecular complexity index is 180. The van der Waals surface area contributed by atoms with Crippen molar-refractivity contribution in [3.63, 3.8) is 0 Å². The fraction of sp³-hybridized carbons (Fsp3) is 1.00. The molecule has 0 radical (unpaired) electrons. The average Bonchev–Trinajstić information content (AvgIpc) is 2.78. The minimum atomic E-state index is 0.584. The Labute approximate surface area is 86.8 Å². The first kappa shape index (κ1) is 10.4. The lowest BCUT2D eigenvalue weighted by Gasteiger charge is -2.34. The molecule has 3 nitrogen and oxygen atoms in total. The van der Waals surface area contributed by atoms with Crippen LogP contribution in [-0.4, -0.2) is 50.8 Å².